The molecule has 2 N–H and O–H groups in total. The van der Waals surface area contributed by atoms with Crippen LogP contribution in [0.4, 0.5) is 4.39 Å². The highest BCUT2D eigenvalue weighted by atomic mass is 19.1. The van der Waals surface area contributed by atoms with Crippen LogP contribution in [0.25, 0.3) is 0 Å². The van der Waals surface area contributed by atoms with Gasteiger partial charge < -0.3 is 10.4 Å². The molecule has 0 atom stereocenters. The second-order valence-corrected chi connectivity index (χ2v) is 6.82. The Bertz CT molecular complexity index is 483. The summed E-state index contributed by atoms with van der Waals surface area (Å²) in [5.41, 5.74) is -0.229. The highest BCUT2D eigenvalue weighted by Gasteiger charge is 2.29. The second kappa shape index (κ2) is 7.03. The maximum Gasteiger partial charge on any atom is 0.230 e. The van der Waals surface area contributed by atoms with Gasteiger partial charge >= 0.3 is 0 Å². The number of carbonyl (C=O) groups excluding carboxylic acids is 1. The van der Waals surface area contributed by atoms with Gasteiger partial charge in [0.05, 0.1) is 5.41 Å². The van der Waals surface area contributed by atoms with Gasteiger partial charge in [0, 0.05) is 13.2 Å². The summed E-state index contributed by atoms with van der Waals surface area (Å²) in [5, 5.41) is 12.1. The number of hydrogen-bond donors (Lipinski definition) is 2. The summed E-state index contributed by atoms with van der Waals surface area (Å²) in [6.45, 7) is 8.25. The van der Waals surface area contributed by atoms with Crippen molar-refractivity contribution in [3.8, 4) is 0 Å². The Hall–Kier alpha value is -1.42. The van der Waals surface area contributed by atoms with Gasteiger partial charge in [0.2, 0.25) is 5.91 Å². The van der Waals surface area contributed by atoms with Crippen LogP contribution in [-0.2, 0) is 10.2 Å². The predicted octanol–water partition coefficient (Wildman–Crippen LogP) is 3.02. The molecule has 0 aliphatic heterocycles. The number of nitrogens with one attached hydrogen (secondary N) is 1. The molecule has 0 unspecified atom stereocenters. The minimum absolute atomic E-state index is 0.116. The van der Waals surface area contributed by atoms with Crippen LogP contribution in [0.2, 0.25) is 0 Å². The van der Waals surface area contributed by atoms with Gasteiger partial charge in [-0.3, -0.25) is 4.79 Å². The van der Waals surface area contributed by atoms with E-state index in [0.717, 1.165) is 12.8 Å². The van der Waals surface area contributed by atoms with Gasteiger partial charge in [0.15, 0.2) is 0 Å². The number of rotatable bonds is 7. The number of halogens is 1. The molecule has 1 aromatic rings. The first-order valence-electron chi connectivity index (χ1n) is 7.34. The summed E-state index contributed by atoms with van der Waals surface area (Å²) in [6, 6.07) is 6.14. The summed E-state index contributed by atoms with van der Waals surface area (Å²) in [7, 11) is 0. The molecule has 0 aliphatic rings. The van der Waals surface area contributed by atoms with E-state index in [1.54, 1.807) is 26.0 Å². The van der Waals surface area contributed by atoms with E-state index >= 15 is 0 Å². The van der Waals surface area contributed by atoms with Gasteiger partial charge in [-0.1, -0.05) is 26.0 Å². The Kier molecular flexibility index (Phi) is 5.90. The SMILES string of the molecule is CC(C)(CO)CCCNC(=O)C(C)(C)c1cccc(F)c1. The van der Waals surface area contributed by atoms with Crippen molar-refractivity contribution in [2.75, 3.05) is 13.2 Å². The van der Waals surface area contributed by atoms with Crippen molar-refractivity contribution >= 4 is 5.91 Å². The third kappa shape index (κ3) is 5.12. The van der Waals surface area contributed by atoms with E-state index in [0.29, 0.717) is 12.1 Å². The highest BCUT2D eigenvalue weighted by Crippen LogP contribution is 2.24. The van der Waals surface area contributed by atoms with Gasteiger partial charge in [0.1, 0.15) is 5.82 Å². The molecule has 0 aliphatic carbocycles. The summed E-state index contributed by atoms with van der Waals surface area (Å²) >= 11 is 0. The van der Waals surface area contributed by atoms with E-state index in [9.17, 15) is 14.3 Å². The van der Waals surface area contributed by atoms with E-state index in [2.05, 4.69) is 5.32 Å². The first-order chi connectivity index (χ1) is 9.69. The molecular weight excluding hydrogens is 269 g/mol. The third-order valence-electron chi connectivity index (χ3n) is 3.86. The Morgan fingerprint density at radius 1 is 1.29 bits per heavy atom. The summed E-state index contributed by atoms with van der Waals surface area (Å²) in [5.74, 6) is -0.451. The van der Waals surface area contributed by atoms with Crippen molar-refractivity contribution in [2.24, 2.45) is 5.41 Å². The van der Waals surface area contributed by atoms with E-state index in [1.807, 2.05) is 13.8 Å². The van der Waals surface area contributed by atoms with Gasteiger partial charge in [0.25, 0.3) is 0 Å². The zero-order valence-electron chi connectivity index (χ0n) is 13.4. The smallest absolute Gasteiger partial charge is 0.230 e. The molecule has 0 aromatic heterocycles. The highest BCUT2D eigenvalue weighted by molar-refractivity contribution is 5.87. The molecule has 0 fully saturated rings. The van der Waals surface area contributed by atoms with E-state index in [1.165, 1.54) is 12.1 Å². The predicted molar refractivity (Wildman–Crippen MR) is 82.5 cm³/mol. The van der Waals surface area contributed by atoms with E-state index in [-0.39, 0.29) is 23.7 Å². The lowest BCUT2D eigenvalue weighted by molar-refractivity contribution is -0.125. The average Bonchev–Trinajstić information content (AvgIpc) is 2.43. The van der Waals surface area contributed by atoms with Crippen molar-refractivity contribution in [1.82, 2.24) is 5.32 Å². The number of amides is 1. The largest absolute Gasteiger partial charge is 0.396 e. The second-order valence-electron chi connectivity index (χ2n) is 6.82. The molecule has 4 heteroatoms. The molecule has 1 rings (SSSR count). The average molecular weight is 295 g/mol. The van der Waals surface area contributed by atoms with Crippen molar-refractivity contribution in [1.29, 1.82) is 0 Å². The molecule has 3 nitrogen and oxygen atoms in total. The number of aliphatic hydroxyl groups is 1. The first kappa shape index (κ1) is 17.6. The lowest BCUT2D eigenvalue weighted by Crippen LogP contribution is -2.40. The molecular formula is C17H26FNO2. The van der Waals surface area contributed by atoms with Crippen molar-refractivity contribution in [3.05, 3.63) is 35.6 Å². The molecule has 0 spiro atoms. The van der Waals surface area contributed by atoms with Crippen molar-refractivity contribution in [2.45, 2.75) is 46.0 Å². The molecule has 118 valence electrons. The number of hydrogen-bond acceptors (Lipinski definition) is 2. The van der Waals surface area contributed by atoms with Gasteiger partial charge in [-0.15, -0.1) is 0 Å². The van der Waals surface area contributed by atoms with Gasteiger partial charge in [-0.05, 0) is 49.8 Å². The molecule has 0 saturated carbocycles. The molecule has 1 aromatic carbocycles. The molecule has 1 amide bonds. The fraction of sp³-hybridized carbons (Fsp3) is 0.588. The van der Waals surface area contributed by atoms with Gasteiger partial charge in [-0.2, -0.15) is 0 Å². The fourth-order valence-corrected chi connectivity index (χ4v) is 2.08. The van der Waals surface area contributed by atoms with Crippen LogP contribution in [-0.4, -0.2) is 24.2 Å². The Labute approximate surface area is 126 Å². The number of benzene rings is 1. The van der Waals surface area contributed by atoms with Crippen LogP contribution in [0, 0.1) is 11.2 Å². The zero-order valence-corrected chi connectivity index (χ0v) is 13.4. The van der Waals surface area contributed by atoms with Crippen LogP contribution in [0.3, 0.4) is 0 Å². The zero-order chi connectivity index (χ0) is 16.1. The van der Waals surface area contributed by atoms with Crippen LogP contribution >= 0.6 is 0 Å². The maximum atomic E-state index is 13.3. The topological polar surface area (TPSA) is 49.3 Å². The standard InChI is InChI=1S/C17H26FNO2/c1-16(2,12-20)9-6-10-19-15(21)17(3,4)13-7-5-8-14(18)11-13/h5,7-8,11,20H,6,9-10,12H2,1-4H3,(H,19,21). The van der Waals surface area contributed by atoms with Crippen LogP contribution < -0.4 is 5.32 Å². The molecule has 0 heterocycles. The monoisotopic (exact) mass is 295 g/mol. The normalized spacial score (nSPS) is 12.3. The van der Waals surface area contributed by atoms with E-state index < -0.39 is 5.41 Å². The minimum Gasteiger partial charge on any atom is -0.396 e. The lowest BCUT2D eigenvalue weighted by atomic mass is 9.83. The minimum atomic E-state index is -0.769. The summed E-state index contributed by atoms with van der Waals surface area (Å²) in [6.07, 6.45) is 1.64. The molecule has 0 saturated heterocycles. The quantitative estimate of drug-likeness (QED) is 0.760. The Balaban J connectivity index is 2.55. The van der Waals surface area contributed by atoms with Crippen LogP contribution in [0.1, 0.15) is 46.1 Å². The van der Waals surface area contributed by atoms with E-state index in [4.69, 9.17) is 0 Å². The van der Waals surface area contributed by atoms with Crippen LogP contribution in [0.15, 0.2) is 24.3 Å². The number of carbonyl (C=O) groups is 1. The fourth-order valence-electron chi connectivity index (χ4n) is 2.08. The lowest BCUT2D eigenvalue weighted by Gasteiger charge is -2.25. The molecule has 21 heavy (non-hydrogen) atoms. The Morgan fingerprint density at radius 3 is 2.52 bits per heavy atom. The molecule has 0 radical (unpaired) electrons. The Morgan fingerprint density at radius 2 is 1.95 bits per heavy atom. The van der Waals surface area contributed by atoms with Crippen molar-refractivity contribution < 1.29 is 14.3 Å². The van der Waals surface area contributed by atoms with Crippen LogP contribution in [0.5, 0.6) is 0 Å². The third-order valence-corrected chi connectivity index (χ3v) is 3.86. The maximum absolute atomic E-state index is 13.3. The molecule has 0 bridgehead atoms. The van der Waals surface area contributed by atoms with Gasteiger partial charge in [-0.25, -0.2) is 4.39 Å². The first-order valence-corrected chi connectivity index (χ1v) is 7.34. The van der Waals surface area contributed by atoms with Crippen molar-refractivity contribution in [3.63, 3.8) is 0 Å². The summed E-state index contributed by atoms with van der Waals surface area (Å²) in [4.78, 5) is 12.3. The summed E-state index contributed by atoms with van der Waals surface area (Å²) < 4.78 is 13.3. The number of aliphatic hydroxyl groups excluding tert-OH is 1.